The third-order valence-electron chi connectivity index (χ3n) is 2.84. The number of methoxy groups -OCH3 is 1. The fourth-order valence-corrected chi connectivity index (χ4v) is 1.79. The minimum Gasteiger partial charge on any atom is -0.467 e. The summed E-state index contributed by atoms with van der Waals surface area (Å²) in [6.45, 7) is 5.28. The molecule has 1 aliphatic heterocycles. The molecule has 2 rings (SSSR count). The second-order valence-corrected chi connectivity index (χ2v) is 4.10. The normalized spacial score (nSPS) is 16.1. The molecule has 1 aromatic rings. The molecule has 8 heteroatoms. The van der Waals surface area contributed by atoms with Crippen LogP contribution >= 0.6 is 0 Å². The maximum atomic E-state index is 5.31. The van der Waals surface area contributed by atoms with E-state index in [2.05, 4.69) is 30.5 Å². The van der Waals surface area contributed by atoms with E-state index in [-0.39, 0.29) is 0 Å². The highest BCUT2D eigenvalue weighted by molar-refractivity contribution is 5.35. The predicted molar refractivity (Wildman–Crippen MR) is 71.7 cm³/mol. The van der Waals surface area contributed by atoms with Crippen LogP contribution in [0.4, 0.5) is 11.9 Å². The van der Waals surface area contributed by atoms with Gasteiger partial charge in [0, 0.05) is 33.2 Å². The number of nitrogens with zero attached hydrogens (tertiary/aromatic N) is 4. The molecule has 106 valence electrons. The highest BCUT2D eigenvalue weighted by Crippen LogP contribution is 2.09. The van der Waals surface area contributed by atoms with Crippen molar-refractivity contribution >= 4 is 11.9 Å². The van der Waals surface area contributed by atoms with Crippen LogP contribution in [0.25, 0.3) is 0 Å². The van der Waals surface area contributed by atoms with Crippen LogP contribution in [0.2, 0.25) is 0 Å². The molecule has 0 unspecified atom stereocenters. The molecule has 0 aromatic carbocycles. The summed E-state index contributed by atoms with van der Waals surface area (Å²) in [7, 11) is 3.29. The summed E-state index contributed by atoms with van der Waals surface area (Å²) in [5.41, 5.74) is 0. The standard InChI is InChI=1S/C11H20N6O2/c1-12-9-14-10(16-11(15-9)18-2)13-3-4-17-5-7-19-8-6-17/h3-8H2,1-2H3,(H2,12,13,14,15,16). The number of ether oxygens (including phenoxy) is 2. The van der Waals surface area contributed by atoms with Gasteiger partial charge in [0.05, 0.1) is 20.3 Å². The van der Waals surface area contributed by atoms with Crippen molar-refractivity contribution in [2.75, 3.05) is 64.2 Å². The summed E-state index contributed by atoms with van der Waals surface area (Å²) < 4.78 is 10.3. The fourth-order valence-electron chi connectivity index (χ4n) is 1.79. The molecule has 0 spiro atoms. The van der Waals surface area contributed by atoms with Crippen LogP contribution in [-0.2, 0) is 4.74 Å². The van der Waals surface area contributed by atoms with Gasteiger partial charge in [0.15, 0.2) is 0 Å². The second kappa shape index (κ2) is 7.05. The topological polar surface area (TPSA) is 84.4 Å². The predicted octanol–water partition coefficient (Wildman–Crippen LogP) is -0.334. The molecular formula is C11H20N6O2. The van der Waals surface area contributed by atoms with Crippen LogP contribution in [0.5, 0.6) is 6.01 Å². The van der Waals surface area contributed by atoms with E-state index in [0.29, 0.717) is 17.9 Å². The Kier molecular flexibility index (Phi) is 5.10. The van der Waals surface area contributed by atoms with E-state index >= 15 is 0 Å². The SMILES string of the molecule is CNc1nc(NCCN2CCOCC2)nc(OC)n1. The van der Waals surface area contributed by atoms with E-state index in [0.717, 1.165) is 39.4 Å². The Labute approximate surface area is 112 Å². The van der Waals surface area contributed by atoms with Gasteiger partial charge in [-0.1, -0.05) is 0 Å². The van der Waals surface area contributed by atoms with Gasteiger partial charge in [0.1, 0.15) is 0 Å². The number of hydrogen-bond donors (Lipinski definition) is 2. The molecular weight excluding hydrogens is 248 g/mol. The van der Waals surface area contributed by atoms with Crippen molar-refractivity contribution in [3.63, 3.8) is 0 Å². The van der Waals surface area contributed by atoms with Crippen molar-refractivity contribution in [2.45, 2.75) is 0 Å². The van der Waals surface area contributed by atoms with E-state index in [4.69, 9.17) is 9.47 Å². The molecule has 8 nitrogen and oxygen atoms in total. The van der Waals surface area contributed by atoms with E-state index in [1.807, 2.05) is 0 Å². The van der Waals surface area contributed by atoms with Crippen LogP contribution in [0.3, 0.4) is 0 Å². The van der Waals surface area contributed by atoms with Crippen LogP contribution in [0.15, 0.2) is 0 Å². The Morgan fingerprint density at radius 3 is 2.63 bits per heavy atom. The number of rotatable bonds is 6. The molecule has 0 amide bonds. The van der Waals surface area contributed by atoms with Crippen molar-refractivity contribution in [3.05, 3.63) is 0 Å². The smallest absolute Gasteiger partial charge is 0.322 e. The number of aromatic nitrogens is 3. The molecule has 2 heterocycles. The van der Waals surface area contributed by atoms with Crippen molar-refractivity contribution in [3.8, 4) is 6.01 Å². The Balaban J connectivity index is 1.84. The summed E-state index contributed by atoms with van der Waals surface area (Å²) in [6, 6.07) is 0.299. The lowest BCUT2D eigenvalue weighted by Crippen LogP contribution is -2.39. The molecule has 0 aliphatic carbocycles. The first kappa shape index (κ1) is 13.8. The van der Waals surface area contributed by atoms with Gasteiger partial charge in [-0.3, -0.25) is 4.90 Å². The van der Waals surface area contributed by atoms with Crippen LogP contribution in [0.1, 0.15) is 0 Å². The lowest BCUT2D eigenvalue weighted by atomic mass is 10.4. The Hall–Kier alpha value is -1.67. The van der Waals surface area contributed by atoms with Gasteiger partial charge in [0.2, 0.25) is 11.9 Å². The monoisotopic (exact) mass is 268 g/mol. The summed E-state index contributed by atoms with van der Waals surface area (Å²) >= 11 is 0. The Morgan fingerprint density at radius 2 is 1.95 bits per heavy atom. The van der Waals surface area contributed by atoms with E-state index in [1.54, 1.807) is 7.05 Å². The van der Waals surface area contributed by atoms with Crippen LogP contribution < -0.4 is 15.4 Å². The first-order chi connectivity index (χ1) is 9.31. The molecule has 1 aromatic heterocycles. The third-order valence-corrected chi connectivity index (χ3v) is 2.84. The first-order valence-electron chi connectivity index (χ1n) is 6.33. The second-order valence-electron chi connectivity index (χ2n) is 4.10. The van der Waals surface area contributed by atoms with Crippen molar-refractivity contribution in [1.82, 2.24) is 19.9 Å². The van der Waals surface area contributed by atoms with Gasteiger partial charge in [-0.25, -0.2) is 0 Å². The van der Waals surface area contributed by atoms with Gasteiger partial charge in [0.25, 0.3) is 0 Å². The minimum atomic E-state index is 0.299. The average Bonchev–Trinajstić information content (AvgIpc) is 2.48. The molecule has 19 heavy (non-hydrogen) atoms. The van der Waals surface area contributed by atoms with Crippen molar-refractivity contribution < 1.29 is 9.47 Å². The maximum Gasteiger partial charge on any atom is 0.322 e. The summed E-state index contributed by atoms with van der Waals surface area (Å²) in [5.74, 6) is 1.00. The molecule has 0 saturated carbocycles. The maximum absolute atomic E-state index is 5.31. The largest absolute Gasteiger partial charge is 0.467 e. The zero-order chi connectivity index (χ0) is 13.5. The fraction of sp³-hybridized carbons (Fsp3) is 0.727. The highest BCUT2D eigenvalue weighted by atomic mass is 16.5. The molecule has 1 fully saturated rings. The van der Waals surface area contributed by atoms with E-state index in [9.17, 15) is 0 Å². The van der Waals surface area contributed by atoms with Crippen molar-refractivity contribution in [1.29, 1.82) is 0 Å². The molecule has 0 radical (unpaired) electrons. The third kappa shape index (κ3) is 4.18. The van der Waals surface area contributed by atoms with Crippen molar-refractivity contribution in [2.24, 2.45) is 0 Å². The van der Waals surface area contributed by atoms with E-state index in [1.165, 1.54) is 7.11 Å². The van der Waals surface area contributed by atoms with Crippen LogP contribution in [0, 0.1) is 0 Å². The number of morpholine rings is 1. The van der Waals surface area contributed by atoms with Gasteiger partial charge < -0.3 is 20.1 Å². The lowest BCUT2D eigenvalue weighted by molar-refractivity contribution is 0.0398. The number of anilines is 2. The van der Waals surface area contributed by atoms with Gasteiger partial charge >= 0.3 is 6.01 Å². The van der Waals surface area contributed by atoms with Gasteiger partial charge in [-0.05, 0) is 0 Å². The van der Waals surface area contributed by atoms with Crippen LogP contribution in [-0.4, -0.2) is 73.4 Å². The zero-order valence-corrected chi connectivity index (χ0v) is 11.3. The summed E-state index contributed by atoms with van der Waals surface area (Å²) in [5, 5.41) is 6.05. The zero-order valence-electron chi connectivity index (χ0n) is 11.3. The highest BCUT2D eigenvalue weighted by Gasteiger charge is 2.10. The Morgan fingerprint density at radius 1 is 1.21 bits per heavy atom. The van der Waals surface area contributed by atoms with E-state index < -0.39 is 0 Å². The Bertz CT molecular complexity index is 375. The summed E-state index contributed by atoms with van der Waals surface area (Å²) in [4.78, 5) is 14.7. The lowest BCUT2D eigenvalue weighted by Gasteiger charge is -2.26. The quantitative estimate of drug-likeness (QED) is 0.725. The van der Waals surface area contributed by atoms with Gasteiger partial charge in [-0.2, -0.15) is 15.0 Å². The first-order valence-corrected chi connectivity index (χ1v) is 6.33. The number of nitrogens with one attached hydrogen (secondary N) is 2. The summed E-state index contributed by atoms with van der Waals surface area (Å²) in [6.07, 6.45) is 0. The van der Waals surface area contributed by atoms with Gasteiger partial charge in [-0.15, -0.1) is 0 Å². The molecule has 1 saturated heterocycles. The average molecular weight is 268 g/mol. The molecule has 0 atom stereocenters. The molecule has 0 bridgehead atoms. The minimum absolute atomic E-state index is 0.299. The molecule has 2 N–H and O–H groups in total. The molecule has 1 aliphatic rings. The number of hydrogen-bond acceptors (Lipinski definition) is 8.